The summed E-state index contributed by atoms with van der Waals surface area (Å²) in [5.41, 5.74) is -0.0880. The fraction of sp³-hybridized carbons (Fsp3) is 0.348. The van der Waals surface area contributed by atoms with Gasteiger partial charge >= 0.3 is 6.18 Å². The van der Waals surface area contributed by atoms with Gasteiger partial charge < -0.3 is 15.5 Å². The number of nitriles is 1. The normalized spacial score (nSPS) is 14.9. The van der Waals surface area contributed by atoms with E-state index in [9.17, 15) is 22.8 Å². The Morgan fingerprint density at radius 1 is 1.00 bits per heavy atom. The van der Waals surface area contributed by atoms with Gasteiger partial charge in [-0.15, -0.1) is 0 Å². The molecule has 0 atom stereocenters. The average molecular weight is 494 g/mol. The Morgan fingerprint density at radius 3 is 2.35 bits per heavy atom. The number of carbonyl (C=O) groups is 2. The third kappa shape index (κ3) is 7.18. The van der Waals surface area contributed by atoms with Gasteiger partial charge in [-0.25, -0.2) is 0 Å². The second kappa shape index (κ2) is 11.3. The minimum atomic E-state index is -4.61. The molecule has 3 rings (SSSR count). The highest BCUT2D eigenvalue weighted by atomic mass is 35.5. The highest BCUT2D eigenvalue weighted by molar-refractivity contribution is 6.31. The Labute approximate surface area is 200 Å². The molecule has 11 heteroatoms. The van der Waals surface area contributed by atoms with E-state index in [0.717, 1.165) is 12.1 Å². The maximum Gasteiger partial charge on any atom is 0.417 e. The van der Waals surface area contributed by atoms with Gasteiger partial charge in [0.1, 0.15) is 6.07 Å². The molecule has 1 heterocycles. The minimum Gasteiger partial charge on any atom is -0.325 e. The molecular weight excluding hydrogens is 471 g/mol. The molecule has 1 aliphatic heterocycles. The number of rotatable bonds is 7. The minimum absolute atomic E-state index is 0.0318. The first-order valence-electron chi connectivity index (χ1n) is 10.6. The van der Waals surface area contributed by atoms with Gasteiger partial charge in [-0.1, -0.05) is 23.7 Å². The average Bonchev–Trinajstić information content (AvgIpc) is 2.79. The van der Waals surface area contributed by atoms with Gasteiger partial charge in [-0.2, -0.15) is 18.4 Å². The molecule has 2 aromatic carbocycles. The topological polar surface area (TPSA) is 88.5 Å². The van der Waals surface area contributed by atoms with Crippen LogP contribution in [0.25, 0.3) is 0 Å². The molecule has 2 N–H and O–H groups in total. The van der Waals surface area contributed by atoms with Crippen LogP contribution in [0, 0.1) is 11.3 Å². The molecule has 0 unspecified atom stereocenters. The van der Waals surface area contributed by atoms with Crippen molar-refractivity contribution in [3.05, 3.63) is 58.6 Å². The number of halogens is 4. The Balaban J connectivity index is 1.41. The van der Waals surface area contributed by atoms with E-state index in [4.69, 9.17) is 16.9 Å². The molecule has 2 aromatic rings. The monoisotopic (exact) mass is 493 g/mol. The van der Waals surface area contributed by atoms with Crippen LogP contribution >= 0.6 is 11.6 Å². The first-order chi connectivity index (χ1) is 16.2. The molecule has 0 aromatic heterocycles. The summed E-state index contributed by atoms with van der Waals surface area (Å²) >= 11 is 5.60. The van der Waals surface area contributed by atoms with Crippen molar-refractivity contribution in [3.63, 3.8) is 0 Å². The van der Waals surface area contributed by atoms with E-state index in [1.165, 1.54) is 6.07 Å². The number of nitrogens with zero attached hydrogens (tertiary/aromatic N) is 3. The third-order valence-electron chi connectivity index (χ3n) is 5.36. The molecule has 1 aliphatic rings. The second-order valence-electron chi connectivity index (χ2n) is 7.81. The van der Waals surface area contributed by atoms with Crippen LogP contribution in [-0.2, 0) is 15.8 Å². The first-order valence-corrected chi connectivity index (χ1v) is 10.9. The molecule has 0 aliphatic carbocycles. The number of hydrogen-bond acceptors (Lipinski definition) is 5. The number of alkyl halides is 3. The summed E-state index contributed by atoms with van der Waals surface area (Å²) in [5.74, 6) is -0.606. The van der Waals surface area contributed by atoms with Crippen molar-refractivity contribution in [1.82, 2.24) is 9.80 Å². The lowest BCUT2D eigenvalue weighted by Gasteiger charge is -2.34. The molecule has 2 amide bonds. The summed E-state index contributed by atoms with van der Waals surface area (Å²) in [6.07, 6.45) is -4.34. The van der Waals surface area contributed by atoms with Crippen LogP contribution < -0.4 is 10.6 Å². The van der Waals surface area contributed by atoms with Gasteiger partial charge in [0, 0.05) is 44.8 Å². The van der Waals surface area contributed by atoms with Crippen LogP contribution in [0.3, 0.4) is 0 Å². The van der Waals surface area contributed by atoms with Crippen LogP contribution in [0.5, 0.6) is 0 Å². The van der Waals surface area contributed by atoms with Crippen molar-refractivity contribution >= 4 is 34.8 Å². The van der Waals surface area contributed by atoms with E-state index in [1.807, 2.05) is 11.0 Å². The maximum absolute atomic E-state index is 13.0. The molecule has 0 saturated carbocycles. The van der Waals surface area contributed by atoms with Gasteiger partial charge in [0.15, 0.2) is 0 Å². The van der Waals surface area contributed by atoms with E-state index in [2.05, 4.69) is 15.5 Å². The van der Waals surface area contributed by atoms with E-state index in [1.54, 1.807) is 24.3 Å². The Bertz CT molecular complexity index is 1080. The van der Waals surface area contributed by atoms with E-state index >= 15 is 0 Å². The van der Waals surface area contributed by atoms with Crippen LogP contribution in [0.2, 0.25) is 5.02 Å². The van der Waals surface area contributed by atoms with Crippen molar-refractivity contribution in [2.24, 2.45) is 0 Å². The summed E-state index contributed by atoms with van der Waals surface area (Å²) in [6, 6.07) is 12.1. The van der Waals surface area contributed by atoms with Crippen molar-refractivity contribution in [2.75, 3.05) is 49.9 Å². The lowest BCUT2D eigenvalue weighted by molar-refractivity contribution is -0.137. The van der Waals surface area contributed by atoms with Gasteiger partial charge in [0.2, 0.25) is 11.8 Å². The molecule has 1 fully saturated rings. The van der Waals surface area contributed by atoms with Crippen LogP contribution in [0.15, 0.2) is 42.5 Å². The fourth-order valence-electron chi connectivity index (χ4n) is 3.56. The molecule has 180 valence electrons. The number of hydrogen-bond donors (Lipinski definition) is 2. The van der Waals surface area contributed by atoms with E-state index in [-0.39, 0.29) is 24.6 Å². The zero-order chi connectivity index (χ0) is 24.7. The number of benzene rings is 2. The lowest BCUT2D eigenvalue weighted by Crippen LogP contribution is -2.49. The summed E-state index contributed by atoms with van der Waals surface area (Å²) < 4.78 is 39.0. The van der Waals surface area contributed by atoms with Crippen molar-refractivity contribution in [1.29, 1.82) is 5.26 Å². The summed E-state index contributed by atoms with van der Waals surface area (Å²) in [7, 11) is 0. The Kier molecular flexibility index (Phi) is 8.50. The quantitative estimate of drug-likeness (QED) is 0.612. The fourth-order valence-corrected chi connectivity index (χ4v) is 3.78. The first kappa shape index (κ1) is 25.5. The van der Waals surface area contributed by atoms with E-state index < -0.39 is 22.7 Å². The summed E-state index contributed by atoms with van der Waals surface area (Å²) in [6.45, 7) is 3.04. The molecule has 0 radical (unpaired) electrons. The lowest BCUT2D eigenvalue weighted by atomic mass is 10.2. The zero-order valence-electron chi connectivity index (χ0n) is 18.2. The highest BCUT2D eigenvalue weighted by Gasteiger charge is 2.33. The number of nitrogens with one attached hydrogen (secondary N) is 2. The van der Waals surface area contributed by atoms with Gasteiger partial charge in [0.25, 0.3) is 0 Å². The van der Waals surface area contributed by atoms with Crippen LogP contribution in [0.4, 0.5) is 24.5 Å². The van der Waals surface area contributed by atoms with E-state index in [0.29, 0.717) is 44.0 Å². The Hall–Kier alpha value is -3.13. The predicted octanol–water partition coefficient (Wildman–Crippen LogP) is 3.82. The van der Waals surface area contributed by atoms with Crippen molar-refractivity contribution in [2.45, 2.75) is 12.6 Å². The summed E-state index contributed by atoms with van der Waals surface area (Å²) in [4.78, 5) is 28.5. The molecular formula is C23H23ClF3N5O2. The van der Waals surface area contributed by atoms with Crippen LogP contribution in [0.1, 0.15) is 17.5 Å². The molecule has 7 nitrogen and oxygen atoms in total. The predicted molar refractivity (Wildman–Crippen MR) is 122 cm³/mol. The smallest absolute Gasteiger partial charge is 0.325 e. The molecule has 34 heavy (non-hydrogen) atoms. The molecule has 0 bridgehead atoms. The number of piperazine rings is 1. The maximum atomic E-state index is 13.0. The number of amides is 2. The van der Waals surface area contributed by atoms with Gasteiger partial charge in [-0.05, 0) is 30.3 Å². The zero-order valence-corrected chi connectivity index (χ0v) is 18.9. The second-order valence-corrected chi connectivity index (χ2v) is 8.22. The van der Waals surface area contributed by atoms with Crippen LogP contribution in [-0.4, -0.2) is 60.9 Å². The van der Waals surface area contributed by atoms with Gasteiger partial charge in [0.05, 0.1) is 28.4 Å². The van der Waals surface area contributed by atoms with Crippen molar-refractivity contribution < 1.29 is 22.8 Å². The number of carbonyl (C=O) groups excluding carboxylic acids is 2. The third-order valence-corrected chi connectivity index (χ3v) is 5.69. The summed E-state index contributed by atoms with van der Waals surface area (Å²) in [5, 5.41) is 13.9. The standard InChI is InChI=1S/C23H23ClF3N5O2/c24-19-6-5-17(13-18(19)23(25,26)27)29-22(34)15-32-11-9-31(10-12-32)8-7-21(33)30-20-4-2-1-3-16(20)14-28/h1-6,13H,7-12,15H2,(H,29,34)(H,30,33). The number of anilines is 2. The Morgan fingerprint density at radius 2 is 1.68 bits per heavy atom. The van der Waals surface area contributed by atoms with Crippen molar-refractivity contribution in [3.8, 4) is 6.07 Å². The number of para-hydroxylation sites is 1. The SMILES string of the molecule is N#Cc1ccccc1NC(=O)CCN1CCN(CC(=O)Nc2ccc(Cl)c(C(F)(F)F)c2)CC1. The molecule has 1 saturated heterocycles. The largest absolute Gasteiger partial charge is 0.417 e. The van der Waals surface area contributed by atoms with Gasteiger partial charge in [-0.3, -0.25) is 14.5 Å². The molecule has 0 spiro atoms. The highest BCUT2D eigenvalue weighted by Crippen LogP contribution is 2.36.